The Morgan fingerprint density at radius 3 is 1.78 bits per heavy atom. The molecule has 5 nitrogen and oxygen atoms in total. The SMILES string of the molecule is CCCCCCCCCCCC(=O)NCP(=O)(OCC)OCC. The highest BCUT2D eigenvalue weighted by Crippen LogP contribution is 2.46. The first-order valence-corrected chi connectivity index (χ1v) is 11.0. The van der Waals surface area contributed by atoms with Crippen LogP contribution in [0.15, 0.2) is 0 Å². The fraction of sp³-hybridized carbons (Fsp3) is 0.941. The number of rotatable bonds is 16. The highest BCUT2D eigenvalue weighted by Gasteiger charge is 2.23. The Labute approximate surface area is 142 Å². The van der Waals surface area contributed by atoms with Crippen LogP contribution < -0.4 is 5.32 Å². The standard InChI is InChI=1S/C17H36NO4P/c1-4-7-8-9-10-11-12-13-14-15-17(19)18-16-23(20,21-5-2)22-6-3/h4-16H2,1-3H3,(H,18,19). The molecule has 0 spiro atoms. The van der Waals surface area contributed by atoms with E-state index in [1.54, 1.807) is 13.8 Å². The van der Waals surface area contributed by atoms with Crippen molar-refractivity contribution >= 4 is 13.5 Å². The lowest BCUT2D eigenvalue weighted by molar-refractivity contribution is -0.121. The van der Waals surface area contributed by atoms with Gasteiger partial charge in [0, 0.05) is 6.42 Å². The van der Waals surface area contributed by atoms with Gasteiger partial charge in [0.2, 0.25) is 5.91 Å². The molecular weight excluding hydrogens is 313 g/mol. The second-order valence-electron chi connectivity index (χ2n) is 5.78. The smallest absolute Gasteiger partial charge is 0.344 e. The number of nitrogens with one attached hydrogen (secondary N) is 1. The summed E-state index contributed by atoms with van der Waals surface area (Å²) in [5.41, 5.74) is 0. The van der Waals surface area contributed by atoms with Crippen molar-refractivity contribution in [1.29, 1.82) is 0 Å². The molecule has 0 rings (SSSR count). The van der Waals surface area contributed by atoms with Gasteiger partial charge in [0.05, 0.1) is 13.2 Å². The maximum Gasteiger partial charge on any atom is 0.349 e. The van der Waals surface area contributed by atoms with Crippen LogP contribution in [0.2, 0.25) is 0 Å². The molecule has 0 aliphatic heterocycles. The molecule has 0 unspecified atom stereocenters. The molecule has 1 N–H and O–H groups in total. The quantitative estimate of drug-likeness (QED) is 0.305. The summed E-state index contributed by atoms with van der Waals surface area (Å²) in [6.07, 6.45) is 11.5. The van der Waals surface area contributed by atoms with Gasteiger partial charge in [0.15, 0.2) is 0 Å². The van der Waals surface area contributed by atoms with E-state index < -0.39 is 7.60 Å². The third kappa shape index (κ3) is 13.7. The van der Waals surface area contributed by atoms with Crippen LogP contribution in [-0.2, 0) is 18.4 Å². The maximum absolute atomic E-state index is 12.2. The first kappa shape index (κ1) is 22.6. The summed E-state index contributed by atoms with van der Waals surface area (Å²) in [5.74, 6) is -0.0763. The predicted molar refractivity (Wildman–Crippen MR) is 95.7 cm³/mol. The van der Waals surface area contributed by atoms with Crippen molar-refractivity contribution < 1.29 is 18.4 Å². The molecule has 0 aromatic heterocycles. The van der Waals surface area contributed by atoms with Gasteiger partial charge in [-0.3, -0.25) is 9.36 Å². The van der Waals surface area contributed by atoms with Crippen LogP contribution in [0.3, 0.4) is 0 Å². The van der Waals surface area contributed by atoms with Gasteiger partial charge in [-0.1, -0.05) is 58.3 Å². The molecule has 1 amide bonds. The van der Waals surface area contributed by atoms with Crippen molar-refractivity contribution in [2.45, 2.75) is 85.0 Å². The van der Waals surface area contributed by atoms with Gasteiger partial charge >= 0.3 is 7.60 Å². The average molecular weight is 349 g/mol. The van der Waals surface area contributed by atoms with Crippen LogP contribution in [0.25, 0.3) is 0 Å². The van der Waals surface area contributed by atoms with Crippen LogP contribution in [-0.4, -0.2) is 25.4 Å². The highest BCUT2D eigenvalue weighted by molar-refractivity contribution is 7.53. The molecule has 138 valence electrons. The van der Waals surface area contributed by atoms with Crippen molar-refractivity contribution in [3.8, 4) is 0 Å². The number of hydrogen-bond acceptors (Lipinski definition) is 4. The lowest BCUT2D eigenvalue weighted by atomic mass is 10.1. The lowest BCUT2D eigenvalue weighted by Crippen LogP contribution is -2.25. The number of hydrogen-bond donors (Lipinski definition) is 1. The van der Waals surface area contributed by atoms with Gasteiger partial charge < -0.3 is 14.4 Å². The summed E-state index contributed by atoms with van der Waals surface area (Å²) in [5, 5.41) is 2.67. The predicted octanol–water partition coefficient (Wildman–Crippen LogP) is 5.25. The number of carbonyl (C=O) groups is 1. The van der Waals surface area contributed by atoms with E-state index in [2.05, 4.69) is 12.2 Å². The normalized spacial score (nSPS) is 11.6. The van der Waals surface area contributed by atoms with Crippen molar-refractivity contribution in [3.63, 3.8) is 0 Å². The van der Waals surface area contributed by atoms with Crippen LogP contribution in [0.4, 0.5) is 0 Å². The Morgan fingerprint density at radius 1 is 0.826 bits per heavy atom. The van der Waals surface area contributed by atoms with Gasteiger partial charge in [0.25, 0.3) is 0 Å². The van der Waals surface area contributed by atoms with Crippen LogP contribution >= 0.6 is 7.60 Å². The minimum absolute atomic E-state index is 0.0368. The molecule has 0 fully saturated rings. The van der Waals surface area contributed by atoms with Crippen LogP contribution in [0.5, 0.6) is 0 Å². The molecule has 0 aliphatic rings. The van der Waals surface area contributed by atoms with Crippen LogP contribution in [0, 0.1) is 0 Å². The van der Waals surface area contributed by atoms with Crippen molar-refractivity contribution in [3.05, 3.63) is 0 Å². The summed E-state index contributed by atoms with van der Waals surface area (Å²) in [4.78, 5) is 11.8. The van der Waals surface area contributed by atoms with E-state index in [9.17, 15) is 9.36 Å². The van der Waals surface area contributed by atoms with Crippen molar-refractivity contribution in [2.75, 3.05) is 19.5 Å². The maximum atomic E-state index is 12.2. The molecule has 6 heteroatoms. The molecule has 0 aromatic rings. The Bertz CT molecular complexity index is 327. The van der Waals surface area contributed by atoms with E-state index in [-0.39, 0.29) is 12.2 Å². The summed E-state index contributed by atoms with van der Waals surface area (Å²) in [6.45, 7) is 6.37. The van der Waals surface area contributed by atoms with Crippen LogP contribution in [0.1, 0.15) is 85.0 Å². The van der Waals surface area contributed by atoms with E-state index in [4.69, 9.17) is 9.05 Å². The van der Waals surface area contributed by atoms with E-state index in [0.717, 1.165) is 12.8 Å². The monoisotopic (exact) mass is 349 g/mol. The van der Waals surface area contributed by atoms with E-state index in [0.29, 0.717) is 19.6 Å². The Kier molecular flexibility index (Phi) is 14.9. The zero-order chi connectivity index (χ0) is 17.4. The summed E-state index contributed by atoms with van der Waals surface area (Å²) in [7, 11) is -3.17. The first-order valence-electron chi connectivity index (χ1n) is 9.22. The summed E-state index contributed by atoms with van der Waals surface area (Å²) in [6, 6.07) is 0. The van der Waals surface area contributed by atoms with Gasteiger partial charge in [-0.2, -0.15) is 0 Å². The third-order valence-electron chi connectivity index (χ3n) is 3.63. The van der Waals surface area contributed by atoms with Gasteiger partial charge in [-0.15, -0.1) is 0 Å². The zero-order valence-corrected chi connectivity index (χ0v) is 16.2. The van der Waals surface area contributed by atoms with Crippen molar-refractivity contribution in [2.24, 2.45) is 0 Å². The third-order valence-corrected chi connectivity index (χ3v) is 5.48. The van der Waals surface area contributed by atoms with Gasteiger partial charge in [-0.05, 0) is 20.3 Å². The lowest BCUT2D eigenvalue weighted by Gasteiger charge is -2.17. The minimum atomic E-state index is -3.17. The second kappa shape index (κ2) is 15.2. The molecule has 0 heterocycles. The summed E-state index contributed by atoms with van der Waals surface area (Å²) < 4.78 is 22.5. The Morgan fingerprint density at radius 2 is 1.30 bits per heavy atom. The average Bonchev–Trinajstić information content (AvgIpc) is 2.52. The molecule has 0 bridgehead atoms. The topological polar surface area (TPSA) is 64.6 Å². The number of carbonyl (C=O) groups excluding carboxylic acids is 1. The number of unbranched alkanes of at least 4 members (excludes halogenated alkanes) is 8. The molecule has 0 radical (unpaired) electrons. The van der Waals surface area contributed by atoms with E-state index in [1.807, 2.05) is 0 Å². The molecule has 23 heavy (non-hydrogen) atoms. The zero-order valence-electron chi connectivity index (χ0n) is 15.3. The Hall–Kier alpha value is -0.380. The molecule has 0 saturated carbocycles. The fourth-order valence-corrected chi connectivity index (χ4v) is 3.81. The molecule has 0 aromatic carbocycles. The van der Waals surface area contributed by atoms with Gasteiger partial charge in [-0.25, -0.2) is 0 Å². The molecule has 0 atom stereocenters. The number of amides is 1. The second-order valence-corrected chi connectivity index (χ2v) is 7.84. The van der Waals surface area contributed by atoms with Crippen molar-refractivity contribution in [1.82, 2.24) is 5.32 Å². The first-order chi connectivity index (χ1) is 11.1. The van der Waals surface area contributed by atoms with Gasteiger partial charge in [0.1, 0.15) is 6.29 Å². The molecular formula is C17H36NO4P. The van der Waals surface area contributed by atoms with E-state index in [1.165, 1.54) is 44.9 Å². The largest absolute Gasteiger partial charge is 0.349 e. The summed E-state index contributed by atoms with van der Waals surface area (Å²) >= 11 is 0. The van der Waals surface area contributed by atoms with E-state index >= 15 is 0 Å². The molecule has 0 aliphatic carbocycles. The minimum Gasteiger partial charge on any atom is -0.344 e. The highest BCUT2D eigenvalue weighted by atomic mass is 31.2. The fourth-order valence-electron chi connectivity index (χ4n) is 2.39. The Balaban J connectivity index is 3.61. The molecule has 0 saturated heterocycles.